The molecule has 0 aromatic rings. The van der Waals surface area contributed by atoms with Crippen LogP contribution in [0, 0.1) is 5.41 Å². The molecule has 104 valence electrons. The van der Waals surface area contributed by atoms with E-state index >= 15 is 0 Å². The molecule has 2 unspecified atom stereocenters. The first-order chi connectivity index (χ1) is 8.49. The van der Waals surface area contributed by atoms with Crippen molar-refractivity contribution in [2.45, 2.75) is 46.1 Å². The summed E-state index contributed by atoms with van der Waals surface area (Å²) in [4.78, 5) is 23.2. The molecule has 5 nitrogen and oxygen atoms in total. The summed E-state index contributed by atoms with van der Waals surface area (Å²) in [6.07, 6.45) is 0.879. The van der Waals surface area contributed by atoms with Crippen molar-refractivity contribution in [3.63, 3.8) is 0 Å². The second-order valence-electron chi connectivity index (χ2n) is 4.65. The van der Waals surface area contributed by atoms with Crippen LogP contribution in [0.3, 0.4) is 0 Å². The summed E-state index contributed by atoms with van der Waals surface area (Å²) >= 11 is 0. The Morgan fingerprint density at radius 2 is 1.83 bits per heavy atom. The van der Waals surface area contributed by atoms with Crippen molar-refractivity contribution in [3.8, 4) is 0 Å². The molecule has 2 atom stereocenters. The summed E-state index contributed by atoms with van der Waals surface area (Å²) < 4.78 is 16.1. The molecule has 1 fully saturated rings. The van der Waals surface area contributed by atoms with Gasteiger partial charge in [-0.25, -0.2) is 0 Å². The molecule has 1 rings (SSSR count). The summed E-state index contributed by atoms with van der Waals surface area (Å²) in [6, 6.07) is 0. The predicted molar refractivity (Wildman–Crippen MR) is 68.3 cm³/mol. The van der Waals surface area contributed by atoms with Crippen molar-refractivity contribution in [2.75, 3.05) is 13.2 Å². The van der Waals surface area contributed by atoms with Gasteiger partial charge in [-0.2, -0.15) is 0 Å². The molecule has 0 N–H and O–H groups in total. The molecule has 1 heterocycles. The Morgan fingerprint density at radius 3 is 2.17 bits per heavy atom. The van der Waals surface area contributed by atoms with E-state index in [0.717, 1.165) is 6.42 Å². The lowest BCUT2D eigenvalue weighted by Gasteiger charge is -2.33. The third-order valence-electron chi connectivity index (χ3n) is 3.43. The molecule has 0 aliphatic carbocycles. The lowest BCUT2D eigenvalue weighted by atomic mass is 9.83. The van der Waals surface area contributed by atoms with Crippen LogP contribution in [0.1, 0.15) is 40.5 Å². The van der Waals surface area contributed by atoms with Gasteiger partial charge in [-0.1, -0.05) is 13.3 Å². The molecule has 0 saturated carbocycles. The molecule has 0 aromatic carbocycles. The fourth-order valence-electron chi connectivity index (χ4n) is 2.46. The van der Waals surface area contributed by atoms with Crippen molar-refractivity contribution in [3.05, 3.63) is 0 Å². The van der Waals surface area contributed by atoms with Crippen molar-refractivity contribution < 1.29 is 23.2 Å². The minimum atomic E-state index is -1.99. The van der Waals surface area contributed by atoms with Gasteiger partial charge in [0, 0.05) is 18.8 Å². The van der Waals surface area contributed by atoms with Crippen LogP contribution in [-0.2, 0) is 23.2 Å². The number of carbonyl (C=O) groups excluding carboxylic acids is 2. The van der Waals surface area contributed by atoms with E-state index in [-0.39, 0.29) is 12.0 Å². The lowest BCUT2D eigenvalue weighted by Crippen LogP contribution is -2.41. The second-order valence-corrected chi connectivity index (χ2v) is 6.86. The molecule has 0 radical (unpaired) electrons. The Hall–Kier alpha value is -0.723. The highest BCUT2D eigenvalue weighted by molar-refractivity contribution is 6.47. The highest BCUT2D eigenvalue weighted by atomic mass is 28.3. The fraction of sp³-hybridized carbons (Fsp3) is 0.833. The van der Waals surface area contributed by atoms with Gasteiger partial charge in [-0.15, -0.1) is 0 Å². The van der Waals surface area contributed by atoms with Gasteiger partial charge in [0.25, 0.3) is 0 Å². The predicted octanol–water partition coefficient (Wildman–Crippen LogP) is 1.54. The van der Waals surface area contributed by atoms with Crippen LogP contribution in [0.4, 0.5) is 0 Å². The third kappa shape index (κ3) is 2.99. The number of rotatable bonds is 7. The number of hydrogen-bond donors (Lipinski definition) is 0. The number of ether oxygens (including phenoxy) is 1. The fourth-order valence-corrected chi connectivity index (χ4v) is 4.92. The van der Waals surface area contributed by atoms with E-state index in [4.69, 9.17) is 13.6 Å². The van der Waals surface area contributed by atoms with E-state index in [1.807, 2.05) is 20.8 Å². The second kappa shape index (κ2) is 6.45. The van der Waals surface area contributed by atoms with Gasteiger partial charge in [0.05, 0.1) is 11.8 Å². The van der Waals surface area contributed by atoms with Crippen LogP contribution < -0.4 is 0 Å². The largest absolute Gasteiger partial charge is 0.397 e. The number of cyclic esters (lactones) is 2. The van der Waals surface area contributed by atoms with E-state index in [1.54, 1.807) is 6.92 Å². The van der Waals surface area contributed by atoms with Gasteiger partial charge >= 0.3 is 21.2 Å². The monoisotopic (exact) mass is 274 g/mol. The van der Waals surface area contributed by atoms with Gasteiger partial charge in [0.1, 0.15) is 0 Å². The molecule has 1 aliphatic heterocycles. The first-order valence-electron chi connectivity index (χ1n) is 6.47. The van der Waals surface area contributed by atoms with E-state index in [9.17, 15) is 9.59 Å². The van der Waals surface area contributed by atoms with Gasteiger partial charge in [-0.3, -0.25) is 9.59 Å². The quantitative estimate of drug-likeness (QED) is 0.400. The van der Waals surface area contributed by atoms with Crippen molar-refractivity contribution in [1.29, 1.82) is 0 Å². The Balaban J connectivity index is 2.92. The summed E-state index contributed by atoms with van der Waals surface area (Å²) in [5.41, 5.74) is -0.830. The van der Waals surface area contributed by atoms with E-state index < -0.39 is 26.6 Å². The Bertz CT molecular complexity index is 314. The highest BCUT2D eigenvalue weighted by Gasteiger charge is 2.53. The first kappa shape index (κ1) is 15.3. The zero-order chi connectivity index (χ0) is 13.8. The maximum absolute atomic E-state index is 11.9. The molecule has 18 heavy (non-hydrogen) atoms. The number of carbonyl (C=O) groups is 2. The molecule has 1 aliphatic rings. The zero-order valence-corrected chi connectivity index (χ0v) is 12.7. The number of esters is 2. The number of hydrogen-bond acceptors (Lipinski definition) is 5. The van der Waals surface area contributed by atoms with Gasteiger partial charge in [0.15, 0.2) is 0 Å². The van der Waals surface area contributed by atoms with Crippen LogP contribution in [0.15, 0.2) is 0 Å². The van der Waals surface area contributed by atoms with Crippen LogP contribution in [0.5, 0.6) is 0 Å². The zero-order valence-electron chi connectivity index (χ0n) is 11.5. The maximum Gasteiger partial charge on any atom is 0.325 e. The van der Waals surface area contributed by atoms with Crippen LogP contribution in [0.2, 0.25) is 5.54 Å². The summed E-state index contributed by atoms with van der Waals surface area (Å²) in [5.74, 6) is -0.877. The van der Waals surface area contributed by atoms with Crippen molar-refractivity contribution >= 4 is 21.2 Å². The molecule has 0 spiro atoms. The standard InChI is InChI=1S/C12H22O5Si/c1-5-9(18(15-6-2)16-7-3)12(4)8-10(13)17-11(12)14/h9,18H,5-8H2,1-4H3. The highest BCUT2D eigenvalue weighted by Crippen LogP contribution is 2.45. The summed E-state index contributed by atoms with van der Waals surface area (Å²) in [6.45, 7) is 8.72. The third-order valence-corrected chi connectivity index (χ3v) is 6.62. The van der Waals surface area contributed by atoms with E-state index in [2.05, 4.69) is 0 Å². The SMILES string of the molecule is CCO[SiH](OCC)C(CC)C1(C)CC(=O)OC1=O. The minimum Gasteiger partial charge on any atom is -0.397 e. The normalized spacial score (nSPS) is 25.6. The molecule has 0 amide bonds. The van der Waals surface area contributed by atoms with E-state index in [0.29, 0.717) is 13.2 Å². The van der Waals surface area contributed by atoms with Crippen molar-refractivity contribution in [1.82, 2.24) is 0 Å². The lowest BCUT2D eigenvalue weighted by molar-refractivity contribution is -0.155. The first-order valence-corrected chi connectivity index (χ1v) is 8.08. The molecular weight excluding hydrogens is 252 g/mol. The average Bonchev–Trinajstić information content (AvgIpc) is 2.54. The smallest absolute Gasteiger partial charge is 0.325 e. The van der Waals surface area contributed by atoms with Crippen LogP contribution in [-0.4, -0.2) is 34.4 Å². The summed E-state index contributed by atoms with van der Waals surface area (Å²) in [5, 5.41) is 0. The molecular formula is C12H22O5Si. The van der Waals surface area contributed by atoms with Crippen molar-refractivity contribution in [2.24, 2.45) is 5.41 Å². The minimum absolute atomic E-state index is 0.0450. The van der Waals surface area contributed by atoms with Crippen LogP contribution in [0.25, 0.3) is 0 Å². The molecule has 0 bridgehead atoms. The Kier molecular flexibility index (Phi) is 5.49. The maximum atomic E-state index is 11.9. The van der Waals surface area contributed by atoms with Gasteiger partial charge < -0.3 is 13.6 Å². The van der Waals surface area contributed by atoms with Gasteiger partial charge in [-0.05, 0) is 20.8 Å². The van der Waals surface area contributed by atoms with E-state index in [1.165, 1.54) is 0 Å². The van der Waals surface area contributed by atoms with Crippen LogP contribution >= 0.6 is 0 Å². The summed E-state index contributed by atoms with van der Waals surface area (Å²) in [7, 11) is -1.99. The molecule has 6 heteroatoms. The Labute approximate surface area is 110 Å². The molecule has 0 aromatic heterocycles. The average molecular weight is 274 g/mol. The van der Waals surface area contributed by atoms with Gasteiger partial charge in [0.2, 0.25) is 0 Å². The Morgan fingerprint density at radius 1 is 1.28 bits per heavy atom. The topological polar surface area (TPSA) is 61.8 Å². The molecule has 1 saturated heterocycles.